The molecular weight excluding hydrogens is 283 g/mol. The van der Waals surface area contributed by atoms with Gasteiger partial charge >= 0.3 is 0 Å². The Morgan fingerprint density at radius 2 is 1.90 bits per heavy atom. The first-order chi connectivity index (χ1) is 9.61. The first kappa shape index (κ1) is 14.6. The van der Waals surface area contributed by atoms with Crippen molar-refractivity contribution in [2.75, 3.05) is 13.7 Å². The fourth-order valence-electron chi connectivity index (χ4n) is 1.74. The fourth-order valence-corrected chi connectivity index (χ4v) is 1.86. The van der Waals surface area contributed by atoms with Crippen LogP contribution in [0.5, 0.6) is 11.5 Å². The molecule has 0 amide bonds. The average Bonchev–Trinajstić information content (AvgIpc) is 2.46. The second kappa shape index (κ2) is 6.59. The number of rotatable bonds is 5. The minimum atomic E-state index is -1.08. The third kappa shape index (κ3) is 3.40. The SMILES string of the molecule is COc1cccc(C(O)COc2ccc(Cl)cc2)c1F. The molecule has 0 saturated heterocycles. The van der Waals surface area contributed by atoms with Crippen molar-refractivity contribution in [3.8, 4) is 11.5 Å². The summed E-state index contributed by atoms with van der Waals surface area (Å²) in [6, 6.07) is 11.3. The molecule has 20 heavy (non-hydrogen) atoms. The topological polar surface area (TPSA) is 38.7 Å². The lowest BCUT2D eigenvalue weighted by atomic mass is 10.1. The van der Waals surface area contributed by atoms with E-state index in [1.165, 1.54) is 19.2 Å². The molecule has 2 aromatic carbocycles. The van der Waals surface area contributed by atoms with E-state index in [1.807, 2.05) is 0 Å². The van der Waals surface area contributed by atoms with Crippen molar-refractivity contribution in [2.24, 2.45) is 0 Å². The zero-order chi connectivity index (χ0) is 14.5. The van der Waals surface area contributed by atoms with Gasteiger partial charge in [0.1, 0.15) is 18.5 Å². The molecule has 5 heteroatoms. The van der Waals surface area contributed by atoms with Gasteiger partial charge in [-0.2, -0.15) is 0 Å². The van der Waals surface area contributed by atoms with Crippen molar-refractivity contribution in [3.05, 3.63) is 58.9 Å². The lowest BCUT2D eigenvalue weighted by Crippen LogP contribution is -2.11. The maximum absolute atomic E-state index is 13.9. The predicted molar refractivity (Wildman–Crippen MR) is 74.9 cm³/mol. The highest BCUT2D eigenvalue weighted by atomic mass is 35.5. The van der Waals surface area contributed by atoms with E-state index in [2.05, 4.69) is 0 Å². The molecule has 2 rings (SSSR count). The molecule has 0 aliphatic carbocycles. The highest BCUT2D eigenvalue weighted by Gasteiger charge is 2.16. The highest BCUT2D eigenvalue weighted by Crippen LogP contribution is 2.26. The molecule has 1 unspecified atom stereocenters. The van der Waals surface area contributed by atoms with Gasteiger partial charge < -0.3 is 14.6 Å². The second-order valence-electron chi connectivity index (χ2n) is 4.14. The Morgan fingerprint density at radius 1 is 1.20 bits per heavy atom. The van der Waals surface area contributed by atoms with Gasteiger partial charge in [-0.25, -0.2) is 4.39 Å². The number of aliphatic hydroxyl groups is 1. The summed E-state index contributed by atoms with van der Waals surface area (Å²) in [4.78, 5) is 0. The zero-order valence-electron chi connectivity index (χ0n) is 10.8. The van der Waals surface area contributed by atoms with E-state index in [0.29, 0.717) is 10.8 Å². The van der Waals surface area contributed by atoms with Gasteiger partial charge in [-0.15, -0.1) is 0 Å². The van der Waals surface area contributed by atoms with Gasteiger partial charge in [0.15, 0.2) is 11.6 Å². The third-order valence-electron chi connectivity index (χ3n) is 2.79. The van der Waals surface area contributed by atoms with E-state index in [0.717, 1.165) is 0 Å². The van der Waals surface area contributed by atoms with Crippen LogP contribution in [0, 0.1) is 5.82 Å². The van der Waals surface area contributed by atoms with Crippen LogP contribution in [0.1, 0.15) is 11.7 Å². The van der Waals surface area contributed by atoms with Gasteiger partial charge in [0.25, 0.3) is 0 Å². The van der Waals surface area contributed by atoms with Crippen LogP contribution in [0.2, 0.25) is 5.02 Å². The molecule has 3 nitrogen and oxygen atoms in total. The minimum absolute atomic E-state index is 0.0638. The monoisotopic (exact) mass is 296 g/mol. The molecule has 2 aromatic rings. The van der Waals surface area contributed by atoms with Crippen LogP contribution in [0.25, 0.3) is 0 Å². The predicted octanol–water partition coefficient (Wildman–Crippen LogP) is 3.60. The third-order valence-corrected chi connectivity index (χ3v) is 3.05. The average molecular weight is 297 g/mol. The van der Waals surface area contributed by atoms with Gasteiger partial charge in [0.05, 0.1) is 7.11 Å². The summed E-state index contributed by atoms with van der Waals surface area (Å²) < 4.78 is 24.2. The molecule has 0 spiro atoms. The van der Waals surface area contributed by atoms with Crippen LogP contribution < -0.4 is 9.47 Å². The van der Waals surface area contributed by atoms with Crippen LogP contribution in [0.15, 0.2) is 42.5 Å². The van der Waals surface area contributed by atoms with E-state index < -0.39 is 11.9 Å². The molecule has 0 radical (unpaired) electrons. The first-order valence-corrected chi connectivity index (χ1v) is 6.38. The number of aliphatic hydroxyl groups excluding tert-OH is 1. The number of hydrogen-bond acceptors (Lipinski definition) is 3. The Labute approximate surface area is 121 Å². The summed E-state index contributed by atoms with van der Waals surface area (Å²) in [5, 5.41) is 10.6. The van der Waals surface area contributed by atoms with Crippen molar-refractivity contribution in [1.29, 1.82) is 0 Å². The smallest absolute Gasteiger partial charge is 0.170 e. The van der Waals surface area contributed by atoms with Crippen LogP contribution in [-0.2, 0) is 0 Å². The Morgan fingerprint density at radius 3 is 2.55 bits per heavy atom. The molecule has 0 aliphatic heterocycles. The van der Waals surface area contributed by atoms with E-state index in [1.54, 1.807) is 30.3 Å². The van der Waals surface area contributed by atoms with Gasteiger partial charge in [-0.1, -0.05) is 23.7 Å². The summed E-state index contributed by atoms with van der Waals surface area (Å²) >= 11 is 5.76. The Balaban J connectivity index is 2.05. The zero-order valence-corrected chi connectivity index (χ0v) is 11.6. The quantitative estimate of drug-likeness (QED) is 0.916. The van der Waals surface area contributed by atoms with E-state index >= 15 is 0 Å². The number of methoxy groups -OCH3 is 1. The highest BCUT2D eigenvalue weighted by molar-refractivity contribution is 6.30. The fraction of sp³-hybridized carbons (Fsp3) is 0.200. The normalized spacial score (nSPS) is 12.0. The molecule has 0 aliphatic rings. The number of hydrogen-bond donors (Lipinski definition) is 1. The summed E-state index contributed by atoms with van der Waals surface area (Å²) in [5.41, 5.74) is 0.137. The van der Waals surface area contributed by atoms with E-state index in [9.17, 15) is 9.50 Å². The first-order valence-electron chi connectivity index (χ1n) is 6.00. The standard InChI is InChI=1S/C15H14ClFO3/c1-19-14-4-2-3-12(15(14)17)13(18)9-20-11-7-5-10(16)6-8-11/h2-8,13,18H,9H2,1H3. The number of halogens is 2. The molecule has 0 bridgehead atoms. The summed E-state index contributed by atoms with van der Waals surface area (Å²) in [5.74, 6) is 0.0620. The molecular formula is C15H14ClFO3. The Bertz CT molecular complexity index is 572. The maximum atomic E-state index is 13.9. The van der Waals surface area contributed by atoms with Crippen molar-refractivity contribution < 1.29 is 19.0 Å². The Hall–Kier alpha value is -1.78. The lowest BCUT2D eigenvalue weighted by Gasteiger charge is -2.14. The molecule has 1 atom stereocenters. The molecule has 0 heterocycles. The van der Waals surface area contributed by atoms with Crippen molar-refractivity contribution in [2.45, 2.75) is 6.10 Å². The lowest BCUT2D eigenvalue weighted by molar-refractivity contribution is 0.104. The summed E-state index contributed by atoms with van der Waals surface area (Å²) in [6.45, 7) is -0.0638. The maximum Gasteiger partial charge on any atom is 0.170 e. The van der Waals surface area contributed by atoms with Crippen LogP contribution in [-0.4, -0.2) is 18.8 Å². The van der Waals surface area contributed by atoms with Gasteiger partial charge in [-0.3, -0.25) is 0 Å². The minimum Gasteiger partial charge on any atom is -0.494 e. The molecule has 0 aromatic heterocycles. The van der Waals surface area contributed by atoms with Gasteiger partial charge in [0, 0.05) is 10.6 Å². The van der Waals surface area contributed by atoms with Gasteiger partial charge in [0.2, 0.25) is 0 Å². The van der Waals surface area contributed by atoms with Crippen LogP contribution >= 0.6 is 11.6 Å². The number of ether oxygens (including phenoxy) is 2. The van der Waals surface area contributed by atoms with Crippen molar-refractivity contribution >= 4 is 11.6 Å². The Kier molecular flexibility index (Phi) is 4.82. The van der Waals surface area contributed by atoms with Crippen molar-refractivity contribution in [1.82, 2.24) is 0 Å². The molecule has 0 saturated carbocycles. The second-order valence-corrected chi connectivity index (χ2v) is 4.58. The van der Waals surface area contributed by atoms with Crippen molar-refractivity contribution in [3.63, 3.8) is 0 Å². The van der Waals surface area contributed by atoms with E-state index in [-0.39, 0.29) is 17.9 Å². The summed E-state index contributed by atoms with van der Waals surface area (Å²) in [7, 11) is 1.37. The van der Waals surface area contributed by atoms with Crippen LogP contribution in [0.3, 0.4) is 0 Å². The summed E-state index contributed by atoms with van der Waals surface area (Å²) in [6.07, 6.45) is -1.08. The van der Waals surface area contributed by atoms with Gasteiger partial charge in [-0.05, 0) is 30.3 Å². The van der Waals surface area contributed by atoms with E-state index in [4.69, 9.17) is 21.1 Å². The molecule has 106 valence electrons. The number of benzene rings is 2. The molecule has 1 N–H and O–H groups in total. The largest absolute Gasteiger partial charge is 0.494 e. The van der Waals surface area contributed by atoms with Crippen LogP contribution in [0.4, 0.5) is 4.39 Å². The molecule has 0 fully saturated rings.